The van der Waals surface area contributed by atoms with E-state index in [0.717, 1.165) is 29.5 Å². The average molecular weight is 231 g/mol. The Morgan fingerprint density at radius 3 is 2.35 bits per heavy atom. The van der Waals surface area contributed by atoms with Gasteiger partial charge in [0.1, 0.15) is 5.82 Å². The molecule has 0 saturated heterocycles. The maximum atomic E-state index is 5.80. The second-order valence-corrected chi connectivity index (χ2v) is 6.38. The first-order chi connectivity index (χ1) is 8.35. The van der Waals surface area contributed by atoms with Crippen LogP contribution in [0, 0.1) is 23.7 Å². The van der Waals surface area contributed by atoms with Crippen LogP contribution in [0.2, 0.25) is 0 Å². The minimum atomic E-state index is 0.579. The molecule has 4 fully saturated rings. The maximum Gasteiger partial charge on any atom is 0.122 e. The third-order valence-corrected chi connectivity index (χ3v) is 5.43. The Labute approximate surface area is 102 Å². The molecule has 4 bridgehead atoms. The van der Waals surface area contributed by atoms with Crippen LogP contribution in [0.15, 0.2) is 12.4 Å². The van der Waals surface area contributed by atoms with E-state index in [2.05, 4.69) is 15.7 Å². The van der Waals surface area contributed by atoms with Crippen LogP contribution in [0.25, 0.3) is 0 Å². The van der Waals surface area contributed by atoms with Crippen molar-refractivity contribution in [2.24, 2.45) is 29.4 Å². The molecule has 5 rings (SSSR count). The number of hydrogen-bond donors (Lipinski definition) is 1. The van der Waals surface area contributed by atoms with E-state index >= 15 is 0 Å². The molecule has 1 aromatic heterocycles. The van der Waals surface area contributed by atoms with Gasteiger partial charge in [-0.15, -0.1) is 0 Å². The van der Waals surface area contributed by atoms with E-state index in [9.17, 15) is 0 Å². The van der Waals surface area contributed by atoms with Gasteiger partial charge in [0.2, 0.25) is 0 Å². The second-order valence-electron chi connectivity index (χ2n) is 6.38. The summed E-state index contributed by atoms with van der Waals surface area (Å²) in [6.45, 7) is 0.579. The molecular weight excluding hydrogens is 210 g/mol. The highest BCUT2D eigenvalue weighted by atomic mass is 15.1. The molecule has 4 aliphatic carbocycles. The van der Waals surface area contributed by atoms with E-state index in [-0.39, 0.29) is 0 Å². The molecule has 0 unspecified atom stereocenters. The zero-order valence-electron chi connectivity index (χ0n) is 10.3. The largest absolute Gasteiger partial charge is 0.330 e. The Kier molecular flexibility index (Phi) is 2.13. The predicted molar refractivity (Wildman–Crippen MR) is 66.2 cm³/mol. The van der Waals surface area contributed by atoms with Crippen LogP contribution in [0.5, 0.6) is 0 Å². The Morgan fingerprint density at radius 2 is 1.76 bits per heavy atom. The van der Waals surface area contributed by atoms with Crippen molar-refractivity contribution in [1.82, 2.24) is 9.55 Å². The highest BCUT2D eigenvalue weighted by molar-refractivity contribution is 5.05. The van der Waals surface area contributed by atoms with E-state index < -0.39 is 0 Å². The lowest BCUT2D eigenvalue weighted by molar-refractivity contribution is -0.0301. The zero-order valence-corrected chi connectivity index (χ0v) is 10.3. The van der Waals surface area contributed by atoms with Gasteiger partial charge in [-0.25, -0.2) is 4.98 Å². The molecule has 4 saturated carbocycles. The summed E-state index contributed by atoms with van der Waals surface area (Å²) in [4.78, 5) is 4.41. The number of nitrogens with zero attached hydrogens (tertiary/aromatic N) is 2. The summed E-state index contributed by atoms with van der Waals surface area (Å²) in [7, 11) is 0. The lowest BCUT2D eigenvalue weighted by Crippen LogP contribution is -2.46. The molecule has 1 heterocycles. The van der Waals surface area contributed by atoms with Crippen molar-refractivity contribution in [2.75, 3.05) is 0 Å². The van der Waals surface area contributed by atoms with Crippen molar-refractivity contribution in [1.29, 1.82) is 0 Å². The lowest BCUT2D eigenvalue weighted by Gasteiger charge is -2.54. The molecule has 3 nitrogen and oxygen atoms in total. The third kappa shape index (κ3) is 1.41. The molecule has 3 heteroatoms. The van der Waals surface area contributed by atoms with Gasteiger partial charge in [-0.2, -0.15) is 0 Å². The van der Waals surface area contributed by atoms with Gasteiger partial charge in [0.25, 0.3) is 0 Å². The highest BCUT2D eigenvalue weighted by Crippen LogP contribution is 2.58. The summed E-state index contributed by atoms with van der Waals surface area (Å²) < 4.78 is 2.41. The molecule has 0 aliphatic heterocycles. The van der Waals surface area contributed by atoms with Gasteiger partial charge in [-0.3, -0.25) is 0 Å². The Bertz CT molecular complexity index is 395. The number of aromatic nitrogens is 2. The van der Waals surface area contributed by atoms with E-state index in [1.807, 2.05) is 6.20 Å². The van der Waals surface area contributed by atoms with E-state index in [4.69, 9.17) is 5.73 Å². The molecule has 0 atom stereocenters. The first-order valence-corrected chi connectivity index (χ1v) is 7.07. The molecule has 4 aliphatic rings. The molecular formula is C14H21N3. The number of nitrogens with two attached hydrogens (primary N) is 1. The molecule has 2 N–H and O–H groups in total. The fraction of sp³-hybridized carbons (Fsp3) is 0.786. The summed E-state index contributed by atoms with van der Waals surface area (Å²) in [5.41, 5.74) is 5.80. The van der Waals surface area contributed by atoms with Crippen LogP contribution >= 0.6 is 0 Å². The summed E-state index contributed by atoms with van der Waals surface area (Å²) >= 11 is 0. The van der Waals surface area contributed by atoms with E-state index in [1.165, 1.54) is 32.1 Å². The van der Waals surface area contributed by atoms with Crippen molar-refractivity contribution in [3.05, 3.63) is 18.2 Å². The molecule has 17 heavy (non-hydrogen) atoms. The first kappa shape index (κ1) is 10.1. The fourth-order valence-corrected chi connectivity index (χ4v) is 5.12. The molecule has 1 aromatic rings. The van der Waals surface area contributed by atoms with Crippen molar-refractivity contribution in [2.45, 2.75) is 44.7 Å². The summed E-state index contributed by atoms with van der Waals surface area (Å²) in [6.07, 6.45) is 11.4. The molecule has 0 radical (unpaired) electrons. The van der Waals surface area contributed by atoms with Gasteiger partial charge in [0.15, 0.2) is 0 Å². The quantitative estimate of drug-likeness (QED) is 0.849. The minimum Gasteiger partial charge on any atom is -0.330 e. The summed E-state index contributed by atoms with van der Waals surface area (Å²) in [6, 6.07) is 0.712. The van der Waals surface area contributed by atoms with Crippen LogP contribution in [0.3, 0.4) is 0 Å². The van der Waals surface area contributed by atoms with Crippen LogP contribution in [0.4, 0.5) is 0 Å². The van der Waals surface area contributed by atoms with Gasteiger partial charge in [-0.1, -0.05) is 0 Å². The highest BCUT2D eigenvalue weighted by Gasteiger charge is 2.49. The topological polar surface area (TPSA) is 43.8 Å². The number of imidazole rings is 1. The standard InChI is InChI=1S/C14H21N3/c15-8-13-16-1-2-17(13)14-11-4-9-3-10(6-11)7-12(14)5-9/h1-2,9-12,14H,3-8,15H2. The molecule has 0 aromatic carbocycles. The second kappa shape index (κ2) is 3.58. The third-order valence-electron chi connectivity index (χ3n) is 5.43. The summed E-state index contributed by atoms with van der Waals surface area (Å²) in [5.74, 6) is 4.98. The van der Waals surface area contributed by atoms with Crippen molar-refractivity contribution in [3.8, 4) is 0 Å². The minimum absolute atomic E-state index is 0.579. The van der Waals surface area contributed by atoms with Gasteiger partial charge < -0.3 is 10.3 Å². The normalized spacial score (nSPS) is 43.2. The van der Waals surface area contributed by atoms with Crippen molar-refractivity contribution < 1.29 is 0 Å². The van der Waals surface area contributed by atoms with Crippen molar-refractivity contribution >= 4 is 0 Å². The van der Waals surface area contributed by atoms with Crippen LogP contribution in [0.1, 0.15) is 44.0 Å². The smallest absolute Gasteiger partial charge is 0.122 e. The van der Waals surface area contributed by atoms with Gasteiger partial charge in [0, 0.05) is 18.4 Å². The van der Waals surface area contributed by atoms with Crippen LogP contribution in [-0.4, -0.2) is 9.55 Å². The Morgan fingerprint density at radius 1 is 1.12 bits per heavy atom. The van der Waals surface area contributed by atoms with Gasteiger partial charge >= 0.3 is 0 Å². The molecule has 92 valence electrons. The zero-order chi connectivity index (χ0) is 11.4. The van der Waals surface area contributed by atoms with Gasteiger partial charge in [0.05, 0.1) is 6.54 Å². The van der Waals surface area contributed by atoms with E-state index in [1.54, 1.807) is 0 Å². The Hall–Kier alpha value is -0.830. The molecule has 0 spiro atoms. The predicted octanol–water partition coefficient (Wildman–Crippen LogP) is 2.34. The average Bonchev–Trinajstić information content (AvgIpc) is 2.75. The van der Waals surface area contributed by atoms with Crippen molar-refractivity contribution in [3.63, 3.8) is 0 Å². The Balaban J connectivity index is 1.70. The maximum absolute atomic E-state index is 5.80. The first-order valence-electron chi connectivity index (χ1n) is 7.07. The fourth-order valence-electron chi connectivity index (χ4n) is 5.12. The van der Waals surface area contributed by atoms with Crippen LogP contribution in [-0.2, 0) is 6.54 Å². The van der Waals surface area contributed by atoms with Crippen LogP contribution < -0.4 is 5.73 Å². The summed E-state index contributed by atoms with van der Waals surface area (Å²) in [5, 5.41) is 0. The number of hydrogen-bond acceptors (Lipinski definition) is 2. The number of rotatable bonds is 2. The molecule has 0 amide bonds. The lowest BCUT2D eigenvalue weighted by atomic mass is 9.54. The monoisotopic (exact) mass is 231 g/mol. The van der Waals surface area contributed by atoms with E-state index in [0.29, 0.717) is 12.6 Å². The van der Waals surface area contributed by atoms with Gasteiger partial charge in [-0.05, 0) is 55.8 Å². The SMILES string of the molecule is NCc1nccn1C1C2CC3CC(C2)CC1C3.